The molecule has 0 amide bonds. The van der Waals surface area contributed by atoms with Crippen LogP contribution in [0, 0.1) is 5.92 Å². The Morgan fingerprint density at radius 3 is 2.58 bits per heavy atom. The van der Waals surface area contributed by atoms with Gasteiger partial charge in [0.25, 0.3) is 0 Å². The first kappa shape index (κ1) is 19.0. The second kappa shape index (κ2) is 8.66. The lowest BCUT2D eigenvalue weighted by Crippen LogP contribution is -2.20. The van der Waals surface area contributed by atoms with Crippen LogP contribution in [0.3, 0.4) is 0 Å². The summed E-state index contributed by atoms with van der Waals surface area (Å²) in [5.74, 6) is 0.221. The summed E-state index contributed by atoms with van der Waals surface area (Å²) in [7, 11) is 0. The third-order valence-corrected chi connectivity index (χ3v) is 4.99. The lowest BCUT2D eigenvalue weighted by Gasteiger charge is -2.22. The Kier molecular flexibility index (Phi) is 6.85. The molecule has 134 valence electrons. The van der Waals surface area contributed by atoms with E-state index in [1.807, 2.05) is 0 Å². The van der Waals surface area contributed by atoms with Gasteiger partial charge in [0.1, 0.15) is 6.10 Å². The van der Waals surface area contributed by atoms with E-state index in [0.29, 0.717) is 18.1 Å². The van der Waals surface area contributed by atoms with Crippen molar-refractivity contribution in [3.8, 4) is 0 Å². The smallest absolute Gasteiger partial charge is 0.303 e. The molecule has 1 fully saturated rings. The van der Waals surface area contributed by atoms with E-state index in [1.54, 1.807) is 0 Å². The van der Waals surface area contributed by atoms with Crippen molar-refractivity contribution >= 4 is 5.97 Å². The van der Waals surface area contributed by atoms with E-state index in [0.717, 1.165) is 37.7 Å². The molecule has 1 heterocycles. The van der Waals surface area contributed by atoms with Crippen molar-refractivity contribution in [3.05, 3.63) is 34.9 Å². The highest BCUT2D eigenvalue weighted by Gasteiger charge is 2.37. The van der Waals surface area contributed by atoms with Gasteiger partial charge in [-0.05, 0) is 51.0 Å². The maximum atomic E-state index is 11.5. The predicted molar refractivity (Wildman–Crippen MR) is 97.7 cm³/mol. The molecule has 0 bridgehead atoms. The number of fused-ring (bicyclic) bond motifs is 1. The molecule has 3 heteroatoms. The molecule has 0 N–H and O–H groups in total. The predicted octanol–water partition coefficient (Wildman–Crippen LogP) is 5.12. The van der Waals surface area contributed by atoms with Crippen molar-refractivity contribution < 1.29 is 14.3 Å². The van der Waals surface area contributed by atoms with Gasteiger partial charge in [0.05, 0.1) is 12.2 Å². The Bertz CT molecular complexity index is 539. The van der Waals surface area contributed by atoms with Crippen LogP contribution in [0.25, 0.3) is 0 Å². The van der Waals surface area contributed by atoms with Crippen LogP contribution in [-0.4, -0.2) is 24.3 Å². The third-order valence-electron chi connectivity index (χ3n) is 4.99. The van der Waals surface area contributed by atoms with E-state index in [2.05, 4.69) is 45.9 Å². The van der Waals surface area contributed by atoms with Gasteiger partial charge in [-0.25, -0.2) is 0 Å². The molecule has 1 saturated heterocycles. The lowest BCUT2D eigenvalue weighted by atomic mass is 9.92. The van der Waals surface area contributed by atoms with Crippen LogP contribution in [0.2, 0.25) is 0 Å². The SMILES string of the molecule is CC(=O)O[C@@H]1C/C(C(C)C)=C\C=C(/C)CC[C@H]2O[C@@H]2CC/C=C/1C. The molecule has 0 aromatic heterocycles. The van der Waals surface area contributed by atoms with E-state index in [9.17, 15) is 4.79 Å². The number of ether oxygens (including phenoxy) is 2. The Morgan fingerprint density at radius 2 is 1.92 bits per heavy atom. The first-order chi connectivity index (χ1) is 11.4. The van der Waals surface area contributed by atoms with E-state index in [-0.39, 0.29) is 12.1 Å². The fourth-order valence-corrected chi connectivity index (χ4v) is 3.20. The van der Waals surface area contributed by atoms with Crippen LogP contribution in [0.15, 0.2) is 34.9 Å². The highest BCUT2D eigenvalue weighted by Crippen LogP contribution is 2.32. The maximum Gasteiger partial charge on any atom is 0.303 e. The zero-order valence-electron chi connectivity index (χ0n) is 15.8. The minimum absolute atomic E-state index is 0.163. The molecule has 0 aromatic carbocycles. The zero-order chi connectivity index (χ0) is 17.7. The maximum absolute atomic E-state index is 11.5. The summed E-state index contributed by atoms with van der Waals surface area (Å²) in [6.07, 6.45) is 12.4. The topological polar surface area (TPSA) is 38.8 Å². The third kappa shape index (κ3) is 5.94. The van der Waals surface area contributed by atoms with Crippen molar-refractivity contribution in [2.75, 3.05) is 0 Å². The highest BCUT2D eigenvalue weighted by atomic mass is 16.6. The minimum Gasteiger partial charge on any atom is -0.458 e. The van der Waals surface area contributed by atoms with Crippen molar-refractivity contribution in [1.82, 2.24) is 0 Å². The van der Waals surface area contributed by atoms with Crippen molar-refractivity contribution in [3.63, 3.8) is 0 Å². The van der Waals surface area contributed by atoms with Crippen LogP contribution < -0.4 is 0 Å². The Balaban J connectivity index is 2.23. The zero-order valence-corrected chi connectivity index (χ0v) is 15.8. The molecule has 3 nitrogen and oxygen atoms in total. The molecule has 2 aliphatic rings. The monoisotopic (exact) mass is 332 g/mol. The number of epoxide rings is 1. The summed E-state index contributed by atoms with van der Waals surface area (Å²) < 4.78 is 11.4. The van der Waals surface area contributed by atoms with Crippen molar-refractivity contribution in [1.29, 1.82) is 0 Å². The fraction of sp³-hybridized carbons (Fsp3) is 0.667. The van der Waals surface area contributed by atoms with Crippen LogP contribution in [0.1, 0.15) is 66.7 Å². The average molecular weight is 332 g/mol. The number of allylic oxidation sites excluding steroid dienone is 4. The Labute approximate surface area is 146 Å². The summed E-state index contributed by atoms with van der Waals surface area (Å²) in [6, 6.07) is 0. The lowest BCUT2D eigenvalue weighted by molar-refractivity contribution is -0.144. The van der Waals surface area contributed by atoms with E-state index in [1.165, 1.54) is 18.1 Å². The van der Waals surface area contributed by atoms with Crippen LogP contribution in [-0.2, 0) is 14.3 Å². The van der Waals surface area contributed by atoms with E-state index < -0.39 is 0 Å². The molecule has 1 aliphatic carbocycles. The summed E-state index contributed by atoms with van der Waals surface area (Å²) >= 11 is 0. The van der Waals surface area contributed by atoms with Crippen LogP contribution >= 0.6 is 0 Å². The first-order valence-corrected chi connectivity index (χ1v) is 9.22. The average Bonchev–Trinajstić information content (AvgIpc) is 3.25. The van der Waals surface area contributed by atoms with Crippen LogP contribution in [0.5, 0.6) is 0 Å². The van der Waals surface area contributed by atoms with Gasteiger partial charge in [-0.3, -0.25) is 4.79 Å². The quantitative estimate of drug-likeness (QED) is 0.400. The van der Waals surface area contributed by atoms with Gasteiger partial charge >= 0.3 is 5.97 Å². The molecule has 1 aliphatic heterocycles. The summed E-state index contributed by atoms with van der Waals surface area (Å²) in [4.78, 5) is 11.5. The summed E-state index contributed by atoms with van der Waals surface area (Å²) in [5, 5.41) is 0. The number of hydrogen-bond donors (Lipinski definition) is 0. The van der Waals surface area contributed by atoms with Crippen molar-refractivity contribution in [2.45, 2.75) is 85.0 Å². The van der Waals surface area contributed by atoms with Gasteiger partial charge in [-0.1, -0.05) is 43.2 Å². The molecule has 0 unspecified atom stereocenters. The fourth-order valence-electron chi connectivity index (χ4n) is 3.20. The molecular formula is C21H32O3. The molecule has 0 radical (unpaired) electrons. The number of carbonyl (C=O) groups excluding carboxylic acids is 1. The molecule has 0 saturated carbocycles. The van der Waals surface area contributed by atoms with Gasteiger partial charge < -0.3 is 9.47 Å². The highest BCUT2D eigenvalue weighted by molar-refractivity contribution is 5.66. The summed E-state index contributed by atoms with van der Waals surface area (Å²) in [5.41, 5.74) is 3.86. The standard InChI is InChI=1S/C21H32O3/c1-14(2)18-11-9-15(3)10-12-20-19(24-20)8-6-7-16(4)21(13-18)23-17(5)22/h7,9,11,14,19-21H,6,8,10,12-13H2,1-5H3/b15-9+,16-7+,18-11+/t19-,20-,21-/m1/s1. The molecule has 0 aromatic rings. The molecule has 0 spiro atoms. The second-order valence-corrected chi connectivity index (χ2v) is 7.49. The first-order valence-electron chi connectivity index (χ1n) is 9.22. The van der Waals surface area contributed by atoms with Crippen molar-refractivity contribution in [2.24, 2.45) is 5.92 Å². The van der Waals surface area contributed by atoms with Gasteiger partial charge in [0.2, 0.25) is 0 Å². The van der Waals surface area contributed by atoms with E-state index >= 15 is 0 Å². The van der Waals surface area contributed by atoms with Gasteiger partial charge in [0.15, 0.2) is 0 Å². The normalized spacial score (nSPS) is 35.4. The second-order valence-electron chi connectivity index (χ2n) is 7.49. The Hall–Kier alpha value is -1.35. The number of carbonyl (C=O) groups is 1. The molecule has 24 heavy (non-hydrogen) atoms. The van der Waals surface area contributed by atoms with Gasteiger partial charge in [-0.15, -0.1) is 0 Å². The van der Waals surface area contributed by atoms with Gasteiger partial charge in [0, 0.05) is 13.3 Å². The largest absolute Gasteiger partial charge is 0.458 e. The number of esters is 1. The molecule has 3 atom stereocenters. The number of rotatable bonds is 2. The van der Waals surface area contributed by atoms with E-state index in [4.69, 9.17) is 9.47 Å². The van der Waals surface area contributed by atoms with Crippen LogP contribution in [0.4, 0.5) is 0 Å². The number of hydrogen-bond acceptors (Lipinski definition) is 3. The molecular weight excluding hydrogens is 300 g/mol. The van der Waals surface area contributed by atoms with Gasteiger partial charge in [-0.2, -0.15) is 0 Å². The minimum atomic E-state index is -0.214. The Morgan fingerprint density at radius 1 is 1.21 bits per heavy atom. The summed E-state index contributed by atoms with van der Waals surface area (Å²) in [6.45, 7) is 10.1. The molecule has 2 rings (SSSR count).